The zero-order valence-corrected chi connectivity index (χ0v) is 22.2. The third-order valence-corrected chi connectivity index (χ3v) is 8.19. The van der Waals surface area contributed by atoms with Crippen LogP contribution in [-0.2, 0) is 29.5 Å². The van der Waals surface area contributed by atoms with Crippen molar-refractivity contribution in [3.05, 3.63) is 72.3 Å². The second-order valence-electron chi connectivity index (χ2n) is 10.9. The number of carbonyl (C=O) groups excluding carboxylic acids is 4. The van der Waals surface area contributed by atoms with Crippen LogP contribution in [0, 0.1) is 17.8 Å². The van der Waals surface area contributed by atoms with Gasteiger partial charge in [0.2, 0.25) is 11.8 Å². The predicted octanol–water partition coefficient (Wildman–Crippen LogP) is 3.77. The summed E-state index contributed by atoms with van der Waals surface area (Å²) in [5.74, 6) is -3.09. The van der Waals surface area contributed by atoms with E-state index >= 15 is 0 Å². The molecule has 8 nitrogen and oxygen atoms in total. The summed E-state index contributed by atoms with van der Waals surface area (Å²) in [6.07, 6.45) is 0.610. The number of fused-ring (bicyclic) bond motifs is 5. The molecular weight excluding hydrogens is 494 g/mol. The molecule has 4 atom stereocenters. The molecule has 0 unspecified atom stereocenters. The smallest absolute Gasteiger partial charge is 0.326 e. The summed E-state index contributed by atoms with van der Waals surface area (Å²) in [6, 6.07) is 20.0. The van der Waals surface area contributed by atoms with Crippen LogP contribution in [0.3, 0.4) is 0 Å². The Kier molecular flexibility index (Phi) is 6.03. The second kappa shape index (κ2) is 9.31. The molecule has 6 rings (SSSR count). The summed E-state index contributed by atoms with van der Waals surface area (Å²) in [6.45, 7) is 5.75. The minimum atomic E-state index is -1.46. The third kappa shape index (κ3) is 3.61. The Bertz CT molecular complexity index is 1510. The quantitative estimate of drug-likeness (QED) is 0.389. The summed E-state index contributed by atoms with van der Waals surface area (Å²) < 4.78 is 5.15. The molecular formula is C31H31N3O5. The first-order chi connectivity index (χ1) is 18.8. The van der Waals surface area contributed by atoms with Gasteiger partial charge >= 0.3 is 5.97 Å². The van der Waals surface area contributed by atoms with Crippen molar-refractivity contribution in [2.24, 2.45) is 17.8 Å². The molecule has 200 valence electrons. The summed E-state index contributed by atoms with van der Waals surface area (Å²) >= 11 is 0. The molecule has 8 heteroatoms. The Morgan fingerprint density at radius 1 is 0.949 bits per heavy atom. The van der Waals surface area contributed by atoms with Crippen LogP contribution in [0.15, 0.2) is 66.7 Å². The number of hydrogen-bond acceptors (Lipinski definition) is 6. The highest BCUT2D eigenvalue weighted by Crippen LogP contribution is 2.56. The maximum atomic E-state index is 14.4. The standard InChI is InChI=1S/C31H31N3O5/c1-4-39-25(35)17-33-24-14-8-7-13-21(24)31(30(33)38)27-26(22(32-31)16-18(2)3)28(36)34(29(27)37)23-15-9-11-19-10-5-6-12-20(19)23/h5-15,18,22,26-27,32H,4,16-17H2,1-3H3/t22-,26-,27+,31+/m1/s1. The first kappa shape index (κ1) is 25.2. The Balaban J connectivity index is 1.51. The Morgan fingerprint density at radius 3 is 2.41 bits per heavy atom. The van der Waals surface area contributed by atoms with Crippen molar-refractivity contribution in [3.63, 3.8) is 0 Å². The number of ether oxygens (including phenoxy) is 1. The van der Waals surface area contributed by atoms with Crippen LogP contribution in [0.1, 0.15) is 32.8 Å². The minimum Gasteiger partial charge on any atom is -0.465 e. The fraction of sp³-hybridized carbons (Fsp3) is 0.355. The molecule has 2 fully saturated rings. The summed E-state index contributed by atoms with van der Waals surface area (Å²) in [4.78, 5) is 58.2. The van der Waals surface area contributed by atoms with Crippen molar-refractivity contribution in [1.29, 1.82) is 0 Å². The molecule has 3 aromatic rings. The monoisotopic (exact) mass is 525 g/mol. The maximum absolute atomic E-state index is 14.4. The van der Waals surface area contributed by atoms with Gasteiger partial charge in [-0.1, -0.05) is 68.4 Å². The van der Waals surface area contributed by atoms with E-state index in [1.54, 1.807) is 25.1 Å². The van der Waals surface area contributed by atoms with Crippen LogP contribution < -0.4 is 15.1 Å². The number of hydrogen-bond donors (Lipinski definition) is 1. The number of rotatable bonds is 6. The molecule has 0 radical (unpaired) electrons. The highest BCUT2D eigenvalue weighted by molar-refractivity contribution is 6.28. The molecule has 3 aliphatic rings. The highest BCUT2D eigenvalue weighted by atomic mass is 16.5. The van der Waals surface area contributed by atoms with E-state index in [0.717, 1.165) is 10.8 Å². The molecule has 3 amide bonds. The maximum Gasteiger partial charge on any atom is 0.326 e. The van der Waals surface area contributed by atoms with Crippen LogP contribution in [0.5, 0.6) is 0 Å². The van der Waals surface area contributed by atoms with E-state index < -0.39 is 41.2 Å². The molecule has 0 saturated carbocycles. The first-order valence-electron chi connectivity index (χ1n) is 13.5. The van der Waals surface area contributed by atoms with Gasteiger partial charge in [0.25, 0.3) is 5.91 Å². The molecule has 0 aromatic heterocycles. The molecule has 0 aliphatic carbocycles. The van der Waals surface area contributed by atoms with Crippen molar-refractivity contribution >= 4 is 45.8 Å². The molecule has 39 heavy (non-hydrogen) atoms. The van der Waals surface area contributed by atoms with Crippen molar-refractivity contribution < 1.29 is 23.9 Å². The van der Waals surface area contributed by atoms with E-state index in [1.807, 2.05) is 48.5 Å². The van der Waals surface area contributed by atoms with Crippen molar-refractivity contribution in [2.75, 3.05) is 23.0 Å². The molecule has 1 spiro atoms. The lowest BCUT2D eigenvalue weighted by molar-refractivity contribution is -0.142. The largest absolute Gasteiger partial charge is 0.465 e. The molecule has 3 aliphatic heterocycles. The Hall–Kier alpha value is -4.04. The van der Waals surface area contributed by atoms with Gasteiger partial charge < -0.3 is 4.74 Å². The molecule has 1 N–H and O–H groups in total. The lowest BCUT2D eigenvalue weighted by Crippen LogP contribution is -2.55. The van der Waals surface area contributed by atoms with E-state index in [4.69, 9.17) is 4.74 Å². The zero-order valence-electron chi connectivity index (χ0n) is 22.2. The van der Waals surface area contributed by atoms with Gasteiger partial charge in [0, 0.05) is 22.7 Å². The van der Waals surface area contributed by atoms with Gasteiger partial charge in [0.05, 0.1) is 24.1 Å². The van der Waals surface area contributed by atoms with E-state index in [9.17, 15) is 19.2 Å². The number of esters is 1. The Labute approximate surface area is 226 Å². The predicted molar refractivity (Wildman–Crippen MR) is 147 cm³/mol. The number of imide groups is 1. The van der Waals surface area contributed by atoms with Gasteiger partial charge in [-0.3, -0.25) is 29.4 Å². The number of nitrogens with one attached hydrogen (secondary N) is 1. The number of amides is 3. The zero-order chi connectivity index (χ0) is 27.5. The number of nitrogens with zero attached hydrogens (tertiary/aromatic N) is 2. The SMILES string of the molecule is CCOC(=O)CN1C(=O)[C@]2(N[C@H](CC(C)C)[C@H]3C(=O)N(c4cccc5ccccc45)C(=O)[C@H]32)c2ccccc21. The summed E-state index contributed by atoms with van der Waals surface area (Å²) in [5, 5.41) is 5.22. The highest BCUT2D eigenvalue weighted by Gasteiger charge is 2.71. The lowest BCUT2D eigenvalue weighted by Gasteiger charge is -2.31. The van der Waals surface area contributed by atoms with E-state index in [1.165, 1.54) is 9.80 Å². The van der Waals surface area contributed by atoms with Crippen molar-refractivity contribution in [1.82, 2.24) is 5.32 Å². The van der Waals surface area contributed by atoms with Gasteiger partial charge in [-0.25, -0.2) is 4.90 Å². The van der Waals surface area contributed by atoms with Gasteiger partial charge in [0.1, 0.15) is 12.1 Å². The molecule has 0 bridgehead atoms. The van der Waals surface area contributed by atoms with Crippen molar-refractivity contribution in [2.45, 2.75) is 38.8 Å². The average molecular weight is 526 g/mol. The second-order valence-corrected chi connectivity index (χ2v) is 10.9. The van der Waals surface area contributed by atoms with Crippen LogP contribution in [0.4, 0.5) is 11.4 Å². The Morgan fingerprint density at radius 2 is 1.64 bits per heavy atom. The van der Waals surface area contributed by atoms with E-state index in [-0.39, 0.29) is 25.0 Å². The number of para-hydroxylation sites is 1. The summed E-state index contributed by atoms with van der Waals surface area (Å²) in [5.41, 5.74) is 0.231. The van der Waals surface area contributed by atoms with Crippen LogP contribution in [-0.4, -0.2) is 42.9 Å². The van der Waals surface area contributed by atoms with E-state index in [0.29, 0.717) is 23.4 Å². The number of anilines is 2. The number of benzene rings is 3. The van der Waals surface area contributed by atoms with Crippen molar-refractivity contribution in [3.8, 4) is 0 Å². The fourth-order valence-corrected chi connectivity index (χ4v) is 6.79. The topological polar surface area (TPSA) is 96.0 Å². The first-order valence-corrected chi connectivity index (χ1v) is 13.5. The van der Waals surface area contributed by atoms with Crippen LogP contribution in [0.2, 0.25) is 0 Å². The van der Waals surface area contributed by atoms with Crippen LogP contribution in [0.25, 0.3) is 10.8 Å². The molecule has 3 heterocycles. The van der Waals surface area contributed by atoms with E-state index in [2.05, 4.69) is 19.2 Å². The van der Waals surface area contributed by atoms with Gasteiger partial charge in [-0.2, -0.15) is 0 Å². The molecule has 3 aromatic carbocycles. The lowest BCUT2D eigenvalue weighted by atomic mass is 9.76. The third-order valence-electron chi connectivity index (χ3n) is 8.19. The van der Waals surface area contributed by atoms with Gasteiger partial charge in [-0.05, 0) is 36.8 Å². The minimum absolute atomic E-state index is 0.194. The average Bonchev–Trinajstić information content (AvgIpc) is 3.47. The fourth-order valence-electron chi connectivity index (χ4n) is 6.79. The number of carbonyl (C=O) groups is 4. The normalized spacial score (nSPS) is 25.7. The van der Waals surface area contributed by atoms with Crippen LogP contribution >= 0.6 is 0 Å². The summed E-state index contributed by atoms with van der Waals surface area (Å²) in [7, 11) is 0. The molecule has 2 saturated heterocycles. The van der Waals surface area contributed by atoms with Gasteiger partial charge in [-0.15, -0.1) is 0 Å². The van der Waals surface area contributed by atoms with Gasteiger partial charge in [0.15, 0.2) is 0 Å².